The third-order valence-corrected chi connectivity index (χ3v) is 3.24. The van der Waals surface area contributed by atoms with Gasteiger partial charge in [-0.2, -0.15) is 5.10 Å². The van der Waals surface area contributed by atoms with Crippen LogP contribution in [-0.2, 0) is 6.54 Å². The topological polar surface area (TPSA) is 47.1 Å². The lowest BCUT2D eigenvalue weighted by atomic mass is 9.93. The Morgan fingerprint density at radius 1 is 1.44 bits per heavy atom. The Morgan fingerprint density at radius 3 is 2.50 bits per heavy atom. The van der Waals surface area contributed by atoms with Gasteiger partial charge >= 0.3 is 0 Å². The van der Waals surface area contributed by atoms with Gasteiger partial charge in [0.25, 0.3) is 0 Å². The van der Waals surface area contributed by atoms with Crippen molar-refractivity contribution in [1.29, 1.82) is 0 Å². The molecule has 0 spiro atoms. The third-order valence-electron chi connectivity index (χ3n) is 3.24. The Balaban J connectivity index is 2.67. The first kappa shape index (κ1) is 15.2. The molecule has 104 valence electrons. The SMILES string of the molecule is Cc1nn(C(C)C)cc1CN(C)CC(C)(C)CN. The van der Waals surface area contributed by atoms with Crippen molar-refractivity contribution in [3.8, 4) is 0 Å². The van der Waals surface area contributed by atoms with Crippen LogP contribution < -0.4 is 5.73 Å². The largest absolute Gasteiger partial charge is 0.330 e. The molecule has 4 nitrogen and oxygen atoms in total. The van der Waals surface area contributed by atoms with Crippen molar-refractivity contribution in [2.45, 2.75) is 47.2 Å². The van der Waals surface area contributed by atoms with Gasteiger partial charge in [0.2, 0.25) is 0 Å². The summed E-state index contributed by atoms with van der Waals surface area (Å²) >= 11 is 0. The fourth-order valence-electron chi connectivity index (χ4n) is 2.08. The van der Waals surface area contributed by atoms with Gasteiger partial charge in [-0.15, -0.1) is 0 Å². The van der Waals surface area contributed by atoms with Crippen LogP contribution in [-0.4, -0.2) is 34.8 Å². The van der Waals surface area contributed by atoms with Crippen molar-refractivity contribution in [3.63, 3.8) is 0 Å². The fraction of sp³-hybridized carbons (Fsp3) is 0.786. The predicted molar refractivity (Wildman–Crippen MR) is 76.5 cm³/mol. The number of aryl methyl sites for hydroxylation is 1. The minimum atomic E-state index is 0.163. The van der Waals surface area contributed by atoms with Crippen LogP contribution in [0.15, 0.2) is 6.20 Å². The van der Waals surface area contributed by atoms with Gasteiger partial charge in [-0.3, -0.25) is 4.68 Å². The van der Waals surface area contributed by atoms with Gasteiger partial charge in [-0.1, -0.05) is 13.8 Å². The third kappa shape index (κ3) is 4.10. The Labute approximate surface area is 111 Å². The summed E-state index contributed by atoms with van der Waals surface area (Å²) in [7, 11) is 2.14. The highest BCUT2D eigenvalue weighted by molar-refractivity contribution is 5.15. The minimum absolute atomic E-state index is 0.163. The molecule has 1 aromatic rings. The van der Waals surface area contributed by atoms with E-state index < -0.39 is 0 Å². The molecular weight excluding hydrogens is 224 g/mol. The summed E-state index contributed by atoms with van der Waals surface area (Å²) in [6.45, 7) is 13.4. The van der Waals surface area contributed by atoms with E-state index in [9.17, 15) is 0 Å². The van der Waals surface area contributed by atoms with Gasteiger partial charge in [-0.05, 0) is 39.8 Å². The summed E-state index contributed by atoms with van der Waals surface area (Å²) in [4.78, 5) is 2.32. The van der Waals surface area contributed by atoms with E-state index in [1.807, 2.05) is 4.68 Å². The summed E-state index contributed by atoms with van der Waals surface area (Å²) in [5.74, 6) is 0. The number of hydrogen-bond acceptors (Lipinski definition) is 3. The lowest BCUT2D eigenvalue weighted by Crippen LogP contribution is -2.36. The summed E-state index contributed by atoms with van der Waals surface area (Å²) < 4.78 is 2.03. The highest BCUT2D eigenvalue weighted by Crippen LogP contribution is 2.17. The van der Waals surface area contributed by atoms with E-state index in [0.717, 1.165) is 18.8 Å². The standard InChI is InChI=1S/C14H28N4/c1-11(2)18-8-13(12(3)16-18)7-17(6)10-14(4,5)9-15/h8,11H,7,9-10,15H2,1-6H3. The Morgan fingerprint density at radius 2 is 2.06 bits per heavy atom. The van der Waals surface area contributed by atoms with Gasteiger partial charge < -0.3 is 10.6 Å². The average molecular weight is 252 g/mol. The normalized spacial score (nSPS) is 12.7. The minimum Gasteiger partial charge on any atom is -0.330 e. The van der Waals surface area contributed by atoms with Crippen molar-refractivity contribution in [3.05, 3.63) is 17.5 Å². The molecule has 0 saturated heterocycles. The molecule has 0 fully saturated rings. The van der Waals surface area contributed by atoms with Crippen molar-refractivity contribution >= 4 is 0 Å². The van der Waals surface area contributed by atoms with Crippen molar-refractivity contribution in [2.24, 2.45) is 11.1 Å². The molecule has 0 aromatic carbocycles. The molecule has 2 N–H and O–H groups in total. The molecule has 1 rings (SSSR count). The maximum Gasteiger partial charge on any atom is 0.0638 e. The first-order valence-electron chi connectivity index (χ1n) is 6.68. The molecule has 0 saturated carbocycles. The molecule has 1 aromatic heterocycles. The molecule has 18 heavy (non-hydrogen) atoms. The van der Waals surface area contributed by atoms with E-state index in [0.29, 0.717) is 12.6 Å². The lowest BCUT2D eigenvalue weighted by molar-refractivity contribution is 0.209. The van der Waals surface area contributed by atoms with Crippen LogP contribution in [0, 0.1) is 12.3 Å². The number of nitrogens with zero attached hydrogens (tertiary/aromatic N) is 3. The van der Waals surface area contributed by atoms with E-state index in [4.69, 9.17) is 5.73 Å². The fourth-order valence-corrected chi connectivity index (χ4v) is 2.08. The van der Waals surface area contributed by atoms with Crippen molar-refractivity contribution in [2.75, 3.05) is 20.1 Å². The van der Waals surface area contributed by atoms with Gasteiger partial charge in [0.05, 0.1) is 5.69 Å². The molecule has 0 aliphatic carbocycles. The van der Waals surface area contributed by atoms with E-state index >= 15 is 0 Å². The van der Waals surface area contributed by atoms with Crippen LogP contribution in [0.25, 0.3) is 0 Å². The monoisotopic (exact) mass is 252 g/mol. The number of aromatic nitrogens is 2. The van der Waals surface area contributed by atoms with E-state index in [1.165, 1.54) is 5.56 Å². The molecule has 0 atom stereocenters. The summed E-state index contributed by atoms with van der Waals surface area (Å²) in [5.41, 5.74) is 8.37. The molecule has 0 radical (unpaired) electrons. The maximum absolute atomic E-state index is 5.78. The molecule has 0 unspecified atom stereocenters. The number of nitrogens with two attached hydrogens (primary N) is 1. The quantitative estimate of drug-likeness (QED) is 0.844. The number of hydrogen-bond donors (Lipinski definition) is 1. The van der Waals surface area contributed by atoms with Gasteiger partial charge in [0.15, 0.2) is 0 Å². The first-order valence-corrected chi connectivity index (χ1v) is 6.68. The molecule has 4 heteroatoms. The van der Waals surface area contributed by atoms with Gasteiger partial charge in [0.1, 0.15) is 0 Å². The lowest BCUT2D eigenvalue weighted by Gasteiger charge is -2.28. The van der Waals surface area contributed by atoms with Crippen LogP contribution in [0.5, 0.6) is 0 Å². The smallest absolute Gasteiger partial charge is 0.0638 e. The summed E-state index contributed by atoms with van der Waals surface area (Å²) in [5, 5.41) is 4.55. The Bertz CT molecular complexity index is 379. The first-order chi connectivity index (χ1) is 8.25. The zero-order valence-electron chi connectivity index (χ0n) is 12.7. The molecular formula is C14H28N4. The second-order valence-corrected chi connectivity index (χ2v) is 6.35. The van der Waals surface area contributed by atoms with E-state index in [-0.39, 0.29) is 5.41 Å². The second kappa shape index (κ2) is 5.85. The highest BCUT2D eigenvalue weighted by atomic mass is 15.3. The van der Waals surface area contributed by atoms with Crippen LogP contribution in [0.1, 0.15) is 45.0 Å². The van der Waals surface area contributed by atoms with Crippen molar-refractivity contribution < 1.29 is 0 Å². The predicted octanol–water partition coefficient (Wildman–Crippen LogP) is 2.19. The molecule has 0 amide bonds. The summed E-state index contributed by atoms with van der Waals surface area (Å²) in [6, 6.07) is 0.420. The zero-order chi connectivity index (χ0) is 13.9. The van der Waals surface area contributed by atoms with Gasteiger partial charge in [0, 0.05) is 30.9 Å². The Hall–Kier alpha value is -0.870. The average Bonchev–Trinajstić information content (AvgIpc) is 2.59. The zero-order valence-corrected chi connectivity index (χ0v) is 12.7. The maximum atomic E-state index is 5.78. The molecule has 0 aliphatic heterocycles. The highest BCUT2D eigenvalue weighted by Gasteiger charge is 2.19. The van der Waals surface area contributed by atoms with E-state index in [2.05, 4.69) is 57.9 Å². The summed E-state index contributed by atoms with van der Waals surface area (Å²) in [6.07, 6.45) is 2.16. The molecule has 1 heterocycles. The number of rotatable bonds is 6. The van der Waals surface area contributed by atoms with Crippen LogP contribution in [0.3, 0.4) is 0 Å². The molecule has 0 aliphatic rings. The van der Waals surface area contributed by atoms with Crippen molar-refractivity contribution in [1.82, 2.24) is 14.7 Å². The van der Waals surface area contributed by atoms with Crippen LogP contribution in [0.4, 0.5) is 0 Å². The van der Waals surface area contributed by atoms with Crippen LogP contribution in [0.2, 0.25) is 0 Å². The Kier molecular flexibility index (Phi) is 4.93. The van der Waals surface area contributed by atoms with Gasteiger partial charge in [-0.25, -0.2) is 0 Å². The molecule has 0 bridgehead atoms. The van der Waals surface area contributed by atoms with E-state index in [1.54, 1.807) is 0 Å². The van der Waals surface area contributed by atoms with Crippen LogP contribution >= 0.6 is 0 Å². The second-order valence-electron chi connectivity index (χ2n) is 6.35.